The van der Waals surface area contributed by atoms with Gasteiger partial charge >= 0.3 is 0 Å². The largest absolute Gasteiger partial charge is 0.342 e. The number of rotatable bonds is 2. The average Bonchev–Trinajstić information content (AvgIpc) is 3.08. The summed E-state index contributed by atoms with van der Waals surface area (Å²) < 4.78 is 0. The Kier molecular flexibility index (Phi) is 3.84. The van der Waals surface area contributed by atoms with Crippen molar-refractivity contribution >= 4 is 5.91 Å². The highest BCUT2D eigenvalue weighted by Crippen LogP contribution is 2.46. The van der Waals surface area contributed by atoms with E-state index in [1.54, 1.807) is 0 Å². The predicted octanol–water partition coefficient (Wildman–Crippen LogP) is 2.54. The Balaban J connectivity index is 1.57. The minimum Gasteiger partial charge on any atom is -0.342 e. The lowest BCUT2D eigenvalue weighted by Crippen LogP contribution is -2.46. The molecule has 2 unspecified atom stereocenters. The van der Waals surface area contributed by atoms with Gasteiger partial charge in [-0.1, -0.05) is 19.3 Å². The van der Waals surface area contributed by atoms with Crippen molar-refractivity contribution in [2.45, 2.75) is 57.8 Å². The highest BCUT2D eigenvalue weighted by atomic mass is 16.2. The molecule has 1 amide bonds. The molecule has 0 aromatic rings. The molecule has 1 aliphatic heterocycles. The van der Waals surface area contributed by atoms with Gasteiger partial charge in [0.1, 0.15) is 0 Å². The van der Waals surface area contributed by atoms with E-state index in [1.807, 2.05) is 0 Å². The fourth-order valence-corrected chi connectivity index (χ4v) is 4.71. The van der Waals surface area contributed by atoms with Crippen LogP contribution in [0.1, 0.15) is 57.8 Å². The third-order valence-corrected chi connectivity index (χ3v) is 6.08. The molecule has 0 aromatic heterocycles. The van der Waals surface area contributed by atoms with Crippen molar-refractivity contribution in [2.75, 3.05) is 19.6 Å². The number of nitrogens with zero attached hydrogens (tertiary/aromatic N) is 1. The summed E-state index contributed by atoms with van der Waals surface area (Å²) in [6, 6.07) is 0. The van der Waals surface area contributed by atoms with Crippen molar-refractivity contribution in [1.29, 1.82) is 0 Å². The lowest BCUT2D eigenvalue weighted by atomic mass is 9.77. The molecule has 0 bridgehead atoms. The predicted molar refractivity (Wildman–Crippen MR) is 76.6 cm³/mol. The second-order valence-corrected chi connectivity index (χ2v) is 7.07. The number of hydrogen-bond acceptors (Lipinski definition) is 2. The first kappa shape index (κ1) is 13.4. The number of amides is 1. The molecule has 3 heteroatoms. The number of nitrogens with two attached hydrogens (primary N) is 1. The molecular weight excluding hydrogens is 236 g/mol. The molecular formula is C16H28N2O. The number of hydrogen-bond donors (Lipinski definition) is 1. The number of carbonyl (C=O) groups excluding carboxylic acids is 1. The molecule has 3 rings (SSSR count). The molecule has 2 aliphatic carbocycles. The van der Waals surface area contributed by atoms with Crippen LogP contribution in [0.3, 0.4) is 0 Å². The normalized spacial score (nSPS) is 34.1. The molecule has 3 fully saturated rings. The summed E-state index contributed by atoms with van der Waals surface area (Å²) in [6.07, 6.45) is 11.5. The number of piperidine rings is 1. The van der Waals surface area contributed by atoms with Gasteiger partial charge in [-0.15, -0.1) is 0 Å². The number of likely N-dealkylation sites (tertiary alicyclic amines) is 1. The first-order chi connectivity index (χ1) is 9.24. The Morgan fingerprint density at radius 1 is 1.05 bits per heavy atom. The van der Waals surface area contributed by atoms with Crippen LogP contribution < -0.4 is 5.73 Å². The maximum atomic E-state index is 12.6. The van der Waals surface area contributed by atoms with Crippen LogP contribution in [-0.4, -0.2) is 30.4 Å². The van der Waals surface area contributed by atoms with Gasteiger partial charge in [0.25, 0.3) is 0 Å². The maximum Gasteiger partial charge on any atom is 0.226 e. The summed E-state index contributed by atoms with van der Waals surface area (Å²) in [5, 5.41) is 0. The second-order valence-electron chi connectivity index (χ2n) is 7.07. The second kappa shape index (κ2) is 5.43. The monoisotopic (exact) mass is 264 g/mol. The van der Waals surface area contributed by atoms with Crippen LogP contribution in [0.2, 0.25) is 0 Å². The van der Waals surface area contributed by atoms with E-state index in [0.29, 0.717) is 23.8 Å². The summed E-state index contributed by atoms with van der Waals surface area (Å²) in [6.45, 7) is 2.70. The summed E-state index contributed by atoms with van der Waals surface area (Å²) in [7, 11) is 0. The molecule has 2 atom stereocenters. The summed E-state index contributed by atoms with van der Waals surface area (Å²) >= 11 is 0. The first-order valence-electron chi connectivity index (χ1n) is 8.23. The van der Waals surface area contributed by atoms with Gasteiger partial charge in [0.2, 0.25) is 5.91 Å². The Hall–Kier alpha value is -0.570. The van der Waals surface area contributed by atoms with E-state index in [-0.39, 0.29) is 5.92 Å². The van der Waals surface area contributed by atoms with E-state index >= 15 is 0 Å². The average molecular weight is 264 g/mol. The molecule has 108 valence electrons. The fraction of sp³-hybridized carbons (Fsp3) is 0.938. The van der Waals surface area contributed by atoms with Crippen molar-refractivity contribution in [3.63, 3.8) is 0 Å². The zero-order valence-corrected chi connectivity index (χ0v) is 12.1. The van der Waals surface area contributed by atoms with Gasteiger partial charge in [-0.05, 0) is 56.4 Å². The zero-order chi connectivity index (χ0) is 13.3. The van der Waals surface area contributed by atoms with E-state index in [1.165, 1.54) is 44.9 Å². The number of carbonyl (C=O) groups is 1. The molecule has 1 saturated heterocycles. The van der Waals surface area contributed by atoms with E-state index in [9.17, 15) is 4.79 Å². The van der Waals surface area contributed by atoms with Crippen LogP contribution in [0.15, 0.2) is 0 Å². The van der Waals surface area contributed by atoms with E-state index in [4.69, 9.17) is 5.73 Å². The quantitative estimate of drug-likeness (QED) is 0.833. The molecule has 3 aliphatic rings. The third-order valence-electron chi connectivity index (χ3n) is 6.08. The molecule has 2 saturated carbocycles. The molecule has 0 aromatic carbocycles. The Morgan fingerprint density at radius 2 is 1.74 bits per heavy atom. The minimum absolute atomic E-state index is 0.239. The maximum absolute atomic E-state index is 12.6. The van der Waals surface area contributed by atoms with Gasteiger partial charge in [-0.2, -0.15) is 0 Å². The smallest absolute Gasteiger partial charge is 0.226 e. The van der Waals surface area contributed by atoms with Crippen molar-refractivity contribution in [3.05, 3.63) is 0 Å². The Labute approximate surface area is 116 Å². The van der Waals surface area contributed by atoms with Crippen LogP contribution in [0, 0.1) is 17.3 Å². The molecule has 19 heavy (non-hydrogen) atoms. The Morgan fingerprint density at radius 3 is 2.37 bits per heavy atom. The van der Waals surface area contributed by atoms with Crippen LogP contribution in [0.25, 0.3) is 0 Å². The van der Waals surface area contributed by atoms with Gasteiger partial charge in [0.15, 0.2) is 0 Å². The van der Waals surface area contributed by atoms with Crippen LogP contribution in [0.5, 0.6) is 0 Å². The van der Waals surface area contributed by atoms with Crippen molar-refractivity contribution in [2.24, 2.45) is 23.0 Å². The molecule has 2 N–H and O–H groups in total. The highest BCUT2D eigenvalue weighted by molar-refractivity contribution is 5.79. The molecule has 1 heterocycles. The van der Waals surface area contributed by atoms with Gasteiger partial charge in [-0.25, -0.2) is 0 Å². The van der Waals surface area contributed by atoms with E-state index in [0.717, 1.165) is 25.9 Å². The van der Waals surface area contributed by atoms with Crippen LogP contribution >= 0.6 is 0 Å². The molecule has 3 nitrogen and oxygen atoms in total. The fourth-order valence-electron chi connectivity index (χ4n) is 4.71. The summed E-state index contributed by atoms with van der Waals surface area (Å²) in [4.78, 5) is 14.8. The first-order valence-corrected chi connectivity index (χ1v) is 8.23. The summed E-state index contributed by atoms with van der Waals surface area (Å²) in [5.74, 6) is 1.11. The highest BCUT2D eigenvalue weighted by Gasteiger charge is 2.40. The van der Waals surface area contributed by atoms with Gasteiger partial charge in [0.05, 0.1) is 0 Å². The van der Waals surface area contributed by atoms with Crippen LogP contribution in [-0.2, 0) is 4.79 Å². The standard InChI is InChI=1S/C16H28N2O/c17-12-13-4-3-5-14(13)15(19)18-10-8-16(9-11-18)6-1-2-7-16/h13-14H,1-12,17H2. The lowest BCUT2D eigenvalue weighted by molar-refractivity contribution is -0.139. The molecule has 1 spiro atoms. The SMILES string of the molecule is NCC1CCCC1C(=O)N1CCC2(CCCC2)CC1. The van der Waals surface area contributed by atoms with Gasteiger partial charge < -0.3 is 10.6 Å². The van der Waals surface area contributed by atoms with Gasteiger partial charge in [0, 0.05) is 19.0 Å². The minimum atomic E-state index is 0.239. The van der Waals surface area contributed by atoms with Crippen molar-refractivity contribution in [3.8, 4) is 0 Å². The van der Waals surface area contributed by atoms with Gasteiger partial charge in [-0.3, -0.25) is 4.79 Å². The zero-order valence-electron chi connectivity index (χ0n) is 12.1. The van der Waals surface area contributed by atoms with Crippen molar-refractivity contribution in [1.82, 2.24) is 4.90 Å². The summed E-state index contributed by atoms with van der Waals surface area (Å²) in [5.41, 5.74) is 6.43. The Bertz CT molecular complexity index is 326. The van der Waals surface area contributed by atoms with E-state index in [2.05, 4.69) is 4.90 Å². The van der Waals surface area contributed by atoms with E-state index < -0.39 is 0 Å². The van der Waals surface area contributed by atoms with Crippen LogP contribution in [0.4, 0.5) is 0 Å². The lowest BCUT2D eigenvalue weighted by Gasteiger charge is -2.40. The third kappa shape index (κ3) is 2.54. The van der Waals surface area contributed by atoms with Crippen molar-refractivity contribution < 1.29 is 4.79 Å². The molecule has 0 radical (unpaired) electrons. The topological polar surface area (TPSA) is 46.3 Å².